The lowest BCUT2D eigenvalue weighted by Crippen LogP contribution is -2.59. The predicted molar refractivity (Wildman–Crippen MR) is 181 cm³/mol. The summed E-state index contributed by atoms with van der Waals surface area (Å²) in [5.41, 5.74) is 6.77. The third kappa shape index (κ3) is 5.12. The fourth-order valence-electron chi connectivity index (χ4n) is 12.3. The summed E-state index contributed by atoms with van der Waals surface area (Å²) in [6, 6.07) is 0. The minimum atomic E-state index is -0.0153. The molecule has 44 heavy (non-hydrogen) atoms. The van der Waals surface area contributed by atoms with Crippen molar-refractivity contribution in [3.63, 3.8) is 0 Å². The van der Waals surface area contributed by atoms with E-state index >= 15 is 0 Å². The molecule has 0 amide bonds. The van der Waals surface area contributed by atoms with Crippen molar-refractivity contribution >= 4 is 11.8 Å². The summed E-state index contributed by atoms with van der Waals surface area (Å²) in [5, 5.41) is 3.42. The number of ketones is 1. The summed E-state index contributed by atoms with van der Waals surface area (Å²) in [6.07, 6.45) is 18.6. The molecule has 0 spiro atoms. The van der Waals surface area contributed by atoms with Crippen LogP contribution in [0.4, 0.5) is 0 Å². The second-order valence-electron chi connectivity index (χ2n) is 16.4. The quantitative estimate of drug-likeness (QED) is 0.294. The summed E-state index contributed by atoms with van der Waals surface area (Å²) >= 11 is 0. The summed E-state index contributed by atoms with van der Waals surface area (Å²) in [7, 11) is 2.06. The molecule has 0 aromatic heterocycles. The van der Waals surface area contributed by atoms with Crippen molar-refractivity contribution in [2.45, 2.75) is 126 Å². The Bertz CT molecular complexity index is 1220. The SMILES string of the molecule is C.CCOC(=O)C1CC=C(C2=CCC3(C)C(CCC4(C)C5CCC6(CCNC)CC(=O)C(C(C)C)=C6C5CCC34)C2C)CC1. The average molecular weight is 606 g/mol. The second-order valence-corrected chi connectivity index (χ2v) is 16.4. The summed E-state index contributed by atoms with van der Waals surface area (Å²) in [4.78, 5) is 25.9. The molecule has 1 N–H and O–H groups in total. The van der Waals surface area contributed by atoms with Crippen molar-refractivity contribution in [2.75, 3.05) is 20.2 Å². The van der Waals surface area contributed by atoms with Gasteiger partial charge in [0.2, 0.25) is 0 Å². The lowest BCUT2D eigenvalue weighted by Gasteiger charge is -2.66. The number of Topliss-reactive ketones (excluding diaryl/α,β-unsaturated/α-hetero) is 1. The van der Waals surface area contributed by atoms with Crippen LogP contribution in [0, 0.1) is 57.7 Å². The van der Waals surface area contributed by atoms with Crippen LogP contribution < -0.4 is 5.32 Å². The van der Waals surface area contributed by atoms with Crippen LogP contribution in [0.2, 0.25) is 0 Å². The van der Waals surface area contributed by atoms with Crippen molar-refractivity contribution in [1.29, 1.82) is 0 Å². The Labute approximate surface area is 269 Å². The number of carbonyl (C=O) groups excluding carboxylic acids is 2. The van der Waals surface area contributed by atoms with Crippen molar-refractivity contribution in [3.8, 4) is 0 Å². The predicted octanol–water partition coefficient (Wildman–Crippen LogP) is 9.26. The average Bonchev–Trinajstić information content (AvgIpc) is 3.28. The zero-order valence-electron chi connectivity index (χ0n) is 28.3. The van der Waals surface area contributed by atoms with E-state index < -0.39 is 0 Å². The maximum Gasteiger partial charge on any atom is 0.309 e. The molecule has 0 aliphatic heterocycles. The van der Waals surface area contributed by atoms with E-state index in [0.717, 1.165) is 50.5 Å². The number of nitrogens with one attached hydrogen (secondary N) is 1. The van der Waals surface area contributed by atoms with Gasteiger partial charge in [0.25, 0.3) is 0 Å². The highest BCUT2D eigenvalue weighted by molar-refractivity contribution is 6.00. The van der Waals surface area contributed by atoms with Crippen LogP contribution in [0.25, 0.3) is 0 Å². The molecule has 3 saturated carbocycles. The van der Waals surface area contributed by atoms with Gasteiger partial charge < -0.3 is 10.1 Å². The fraction of sp³-hybridized carbons (Fsp3) is 0.800. The zero-order chi connectivity index (χ0) is 30.7. The molecule has 4 nitrogen and oxygen atoms in total. The van der Waals surface area contributed by atoms with Gasteiger partial charge in [-0.15, -0.1) is 0 Å². The van der Waals surface area contributed by atoms with Gasteiger partial charge in [0.05, 0.1) is 12.5 Å². The van der Waals surface area contributed by atoms with Crippen LogP contribution in [0.1, 0.15) is 126 Å². The van der Waals surface area contributed by atoms with Crippen LogP contribution in [0.15, 0.2) is 34.4 Å². The van der Waals surface area contributed by atoms with Gasteiger partial charge in [-0.25, -0.2) is 0 Å². The number of rotatable bonds is 7. The van der Waals surface area contributed by atoms with Gasteiger partial charge in [0.15, 0.2) is 5.78 Å². The lowest BCUT2D eigenvalue weighted by atomic mass is 9.38. The normalized spacial score (nSPS) is 41.5. The maximum absolute atomic E-state index is 13.6. The molecule has 0 aromatic carbocycles. The first-order valence-electron chi connectivity index (χ1n) is 18.0. The van der Waals surface area contributed by atoms with Gasteiger partial charge in [-0.2, -0.15) is 0 Å². The zero-order valence-corrected chi connectivity index (χ0v) is 28.3. The number of fused-ring (bicyclic) bond motifs is 7. The summed E-state index contributed by atoms with van der Waals surface area (Å²) < 4.78 is 5.33. The Morgan fingerprint density at radius 1 is 1.05 bits per heavy atom. The number of carbonyl (C=O) groups is 2. The summed E-state index contributed by atoms with van der Waals surface area (Å²) in [6.45, 7) is 15.8. The molecule has 6 aliphatic carbocycles. The minimum absolute atomic E-state index is 0. The van der Waals surface area contributed by atoms with Gasteiger partial charge in [0.1, 0.15) is 0 Å². The number of hydrogen-bond acceptors (Lipinski definition) is 4. The molecule has 0 bridgehead atoms. The van der Waals surface area contributed by atoms with E-state index in [1.807, 2.05) is 6.92 Å². The largest absolute Gasteiger partial charge is 0.466 e. The monoisotopic (exact) mass is 605 g/mol. The highest BCUT2D eigenvalue weighted by atomic mass is 16.5. The van der Waals surface area contributed by atoms with Gasteiger partial charge in [-0.1, -0.05) is 59.8 Å². The molecule has 6 aliphatic rings. The molecule has 246 valence electrons. The standard InChI is InChI=1S/C39H59NO3.CH4/c1-8-43-36(42)27-11-9-26(10-12-27)28-15-18-37(5)30(25(28)4)16-19-38(6)31-17-20-39(21-22-40-7)23-32(41)34(24(2)3)35(39)29(31)13-14-33(37)38;/h9,15,24-25,27,29-31,33,40H,8,10-14,16-23H2,1-7H3;1H4. The first kappa shape index (κ1) is 33.7. The van der Waals surface area contributed by atoms with E-state index in [1.54, 1.807) is 11.1 Å². The highest BCUT2D eigenvalue weighted by Gasteiger charge is 2.64. The highest BCUT2D eigenvalue weighted by Crippen LogP contribution is 2.72. The molecular formula is C40H63NO3. The topological polar surface area (TPSA) is 55.4 Å². The van der Waals surface area contributed by atoms with Crippen molar-refractivity contribution in [1.82, 2.24) is 5.32 Å². The van der Waals surface area contributed by atoms with E-state index in [1.165, 1.54) is 56.1 Å². The first-order chi connectivity index (χ1) is 20.5. The van der Waals surface area contributed by atoms with Crippen LogP contribution in [-0.4, -0.2) is 32.0 Å². The third-order valence-corrected chi connectivity index (χ3v) is 14.2. The van der Waals surface area contributed by atoms with E-state index in [-0.39, 0.29) is 24.7 Å². The molecule has 0 heterocycles. The van der Waals surface area contributed by atoms with E-state index in [9.17, 15) is 9.59 Å². The molecule has 9 atom stereocenters. The maximum atomic E-state index is 13.6. The molecule has 9 unspecified atom stereocenters. The van der Waals surface area contributed by atoms with E-state index in [2.05, 4.69) is 59.1 Å². The molecular weight excluding hydrogens is 542 g/mol. The van der Waals surface area contributed by atoms with Crippen LogP contribution >= 0.6 is 0 Å². The van der Waals surface area contributed by atoms with Crippen LogP contribution in [0.3, 0.4) is 0 Å². The molecule has 4 heteroatoms. The van der Waals surface area contributed by atoms with E-state index in [0.29, 0.717) is 46.9 Å². The Hall–Kier alpha value is -1.68. The number of hydrogen-bond donors (Lipinski definition) is 1. The molecule has 0 radical (unpaired) electrons. The van der Waals surface area contributed by atoms with Gasteiger partial charge in [-0.3, -0.25) is 9.59 Å². The third-order valence-electron chi connectivity index (χ3n) is 14.2. The molecule has 6 rings (SSSR count). The number of ether oxygens (including phenoxy) is 1. The Morgan fingerprint density at radius 3 is 2.45 bits per heavy atom. The van der Waals surface area contributed by atoms with Crippen molar-refractivity contribution in [2.24, 2.45) is 57.7 Å². The lowest BCUT2D eigenvalue weighted by molar-refractivity contribution is -0.148. The Morgan fingerprint density at radius 2 is 1.80 bits per heavy atom. The van der Waals surface area contributed by atoms with Crippen molar-refractivity contribution in [3.05, 3.63) is 34.4 Å². The second kappa shape index (κ2) is 12.5. The minimum Gasteiger partial charge on any atom is -0.466 e. The number of esters is 1. The first-order valence-corrected chi connectivity index (χ1v) is 18.0. The molecule has 3 fully saturated rings. The van der Waals surface area contributed by atoms with Gasteiger partial charge in [0, 0.05) is 11.8 Å². The fourth-order valence-corrected chi connectivity index (χ4v) is 12.3. The van der Waals surface area contributed by atoms with Crippen LogP contribution in [0.5, 0.6) is 0 Å². The van der Waals surface area contributed by atoms with Gasteiger partial charge in [-0.05, 0) is 154 Å². The summed E-state index contributed by atoms with van der Waals surface area (Å²) in [5.74, 6) is 4.18. The van der Waals surface area contributed by atoms with Gasteiger partial charge >= 0.3 is 5.97 Å². The number of allylic oxidation sites excluding steroid dienone is 6. The van der Waals surface area contributed by atoms with Crippen LogP contribution in [-0.2, 0) is 14.3 Å². The molecule has 0 saturated heterocycles. The van der Waals surface area contributed by atoms with E-state index in [4.69, 9.17) is 4.74 Å². The Balaban J connectivity index is 0.00000384. The smallest absolute Gasteiger partial charge is 0.309 e. The Kier molecular flexibility index (Phi) is 9.56. The van der Waals surface area contributed by atoms with Crippen molar-refractivity contribution < 1.29 is 14.3 Å². The molecule has 0 aromatic rings.